The molecule has 1 N–H and O–H groups in total. The van der Waals surface area contributed by atoms with Crippen LogP contribution >= 0.6 is 15.9 Å². The molecule has 0 saturated carbocycles. The molecule has 1 nitrogen and oxygen atoms in total. The van der Waals surface area contributed by atoms with Crippen LogP contribution in [0.2, 0.25) is 0 Å². The summed E-state index contributed by atoms with van der Waals surface area (Å²) in [6.07, 6.45) is 0. The van der Waals surface area contributed by atoms with Crippen LogP contribution in [-0.4, -0.2) is 6.54 Å². The molecule has 0 aromatic heterocycles. The number of benzene rings is 1. The van der Waals surface area contributed by atoms with Gasteiger partial charge in [-0.1, -0.05) is 19.9 Å². The predicted octanol–water partition coefficient (Wildman–Crippen LogP) is 3.89. The molecule has 15 heavy (non-hydrogen) atoms. The third kappa shape index (κ3) is 3.92. The average Bonchev–Trinajstić information content (AvgIpc) is 2.18. The molecule has 0 radical (unpaired) electrons. The summed E-state index contributed by atoms with van der Waals surface area (Å²) < 4.78 is 13.8. The summed E-state index contributed by atoms with van der Waals surface area (Å²) in [6.45, 7) is 7.30. The summed E-state index contributed by atoms with van der Waals surface area (Å²) in [5.74, 6) is 0.401. The van der Waals surface area contributed by atoms with Gasteiger partial charge in [0.2, 0.25) is 0 Å². The van der Waals surface area contributed by atoms with E-state index in [-0.39, 0.29) is 11.9 Å². The third-order valence-corrected chi connectivity index (χ3v) is 2.92. The number of halogens is 2. The van der Waals surface area contributed by atoms with Crippen molar-refractivity contribution < 1.29 is 4.39 Å². The predicted molar refractivity (Wildman–Crippen MR) is 65.4 cm³/mol. The number of rotatable bonds is 4. The highest BCUT2D eigenvalue weighted by molar-refractivity contribution is 9.10. The lowest BCUT2D eigenvalue weighted by atomic mass is 10.1. The first kappa shape index (κ1) is 12.7. The van der Waals surface area contributed by atoms with Gasteiger partial charge in [0.1, 0.15) is 5.82 Å². The Hall–Kier alpha value is -0.410. The van der Waals surface area contributed by atoms with Crippen molar-refractivity contribution in [3.8, 4) is 0 Å². The first-order chi connectivity index (χ1) is 7.00. The molecule has 0 fully saturated rings. The molecule has 0 aliphatic rings. The smallest absolute Gasteiger partial charge is 0.137 e. The normalized spacial score (nSPS) is 13.2. The Kier molecular flexibility index (Phi) is 4.74. The minimum atomic E-state index is -0.203. The van der Waals surface area contributed by atoms with Gasteiger partial charge in [-0.25, -0.2) is 4.39 Å². The molecule has 0 heterocycles. The van der Waals surface area contributed by atoms with E-state index in [1.165, 1.54) is 0 Å². The zero-order chi connectivity index (χ0) is 11.4. The average molecular weight is 274 g/mol. The van der Waals surface area contributed by atoms with Gasteiger partial charge >= 0.3 is 0 Å². The Balaban J connectivity index is 2.65. The van der Waals surface area contributed by atoms with E-state index in [1.807, 2.05) is 13.0 Å². The highest BCUT2D eigenvalue weighted by atomic mass is 79.9. The van der Waals surface area contributed by atoms with Crippen molar-refractivity contribution >= 4 is 15.9 Å². The Morgan fingerprint density at radius 2 is 2.00 bits per heavy atom. The highest BCUT2D eigenvalue weighted by Gasteiger charge is 2.07. The van der Waals surface area contributed by atoms with Crippen molar-refractivity contribution in [1.29, 1.82) is 0 Å². The van der Waals surface area contributed by atoms with Crippen LogP contribution in [0.5, 0.6) is 0 Å². The van der Waals surface area contributed by atoms with E-state index < -0.39 is 0 Å². The largest absolute Gasteiger partial charge is 0.310 e. The van der Waals surface area contributed by atoms with Gasteiger partial charge in [0.25, 0.3) is 0 Å². The lowest BCUT2D eigenvalue weighted by Crippen LogP contribution is -2.23. The van der Waals surface area contributed by atoms with Crippen molar-refractivity contribution in [3.63, 3.8) is 0 Å². The van der Waals surface area contributed by atoms with Gasteiger partial charge in [-0.05, 0) is 53.0 Å². The fourth-order valence-electron chi connectivity index (χ4n) is 1.31. The summed E-state index contributed by atoms with van der Waals surface area (Å²) in [5, 5.41) is 3.36. The Labute approximate surface area is 99.2 Å². The fraction of sp³-hybridized carbons (Fsp3) is 0.500. The van der Waals surface area contributed by atoms with E-state index in [4.69, 9.17) is 0 Å². The molecule has 3 heteroatoms. The fourth-order valence-corrected chi connectivity index (χ4v) is 1.56. The van der Waals surface area contributed by atoms with Gasteiger partial charge in [0.15, 0.2) is 0 Å². The van der Waals surface area contributed by atoms with Crippen LogP contribution in [0.1, 0.15) is 32.4 Å². The van der Waals surface area contributed by atoms with Gasteiger partial charge in [0, 0.05) is 6.04 Å². The third-order valence-electron chi connectivity index (χ3n) is 2.28. The van der Waals surface area contributed by atoms with Gasteiger partial charge in [-0.15, -0.1) is 0 Å². The van der Waals surface area contributed by atoms with Gasteiger partial charge in [0.05, 0.1) is 4.47 Å². The molecular weight excluding hydrogens is 257 g/mol. The first-order valence-corrected chi connectivity index (χ1v) is 5.98. The van der Waals surface area contributed by atoms with E-state index in [2.05, 4.69) is 35.1 Å². The molecule has 0 aliphatic carbocycles. The number of nitrogens with one attached hydrogen (secondary N) is 1. The molecule has 1 atom stereocenters. The van der Waals surface area contributed by atoms with E-state index in [1.54, 1.807) is 12.1 Å². The topological polar surface area (TPSA) is 12.0 Å². The van der Waals surface area contributed by atoms with Crippen LogP contribution in [0.25, 0.3) is 0 Å². The van der Waals surface area contributed by atoms with Crippen molar-refractivity contribution in [1.82, 2.24) is 5.32 Å². The second-order valence-electron chi connectivity index (χ2n) is 4.20. The van der Waals surface area contributed by atoms with Crippen LogP contribution in [-0.2, 0) is 0 Å². The van der Waals surface area contributed by atoms with E-state index in [0.717, 1.165) is 12.1 Å². The second-order valence-corrected chi connectivity index (χ2v) is 5.05. The van der Waals surface area contributed by atoms with Crippen molar-refractivity contribution in [2.24, 2.45) is 5.92 Å². The lowest BCUT2D eigenvalue weighted by Gasteiger charge is -2.16. The Morgan fingerprint density at radius 1 is 1.33 bits per heavy atom. The quantitative estimate of drug-likeness (QED) is 0.878. The summed E-state index contributed by atoms with van der Waals surface area (Å²) in [6, 6.07) is 5.45. The molecule has 1 aromatic carbocycles. The molecule has 0 bridgehead atoms. The molecule has 0 amide bonds. The van der Waals surface area contributed by atoms with E-state index in [0.29, 0.717) is 10.4 Å². The summed E-state index contributed by atoms with van der Waals surface area (Å²) in [5.41, 5.74) is 0.983. The molecular formula is C12H17BrFN. The maximum Gasteiger partial charge on any atom is 0.137 e. The van der Waals surface area contributed by atoms with E-state index in [9.17, 15) is 4.39 Å². The SMILES string of the molecule is CC(C)CNC(C)c1ccc(Br)c(F)c1. The number of hydrogen-bond donors (Lipinski definition) is 1. The van der Waals surface area contributed by atoms with Crippen molar-refractivity contribution in [2.75, 3.05) is 6.54 Å². The zero-order valence-corrected chi connectivity index (χ0v) is 10.9. The summed E-state index contributed by atoms with van der Waals surface area (Å²) in [4.78, 5) is 0. The molecule has 1 aromatic rings. The monoisotopic (exact) mass is 273 g/mol. The lowest BCUT2D eigenvalue weighted by molar-refractivity contribution is 0.494. The second kappa shape index (κ2) is 5.61. The Morgan fingerprint density at radius 3 is 2.53 bits per heavy atom. The molecule has 1 rings (SSSR count). The summed E-state index contributed by atoms with van der Waals surface area (Å²) in [7, 11) is 0. The maximum absolute atomic E-state index is 13.3. The van der Waals surface area contributed by atoms with Crippen LogP contribution in [0.15, 0.2) is 22.7 Å². The van der Waals surface area contributed by atoms with Crippen molar-refractivity contribution in [2.45, 2.75) is 26.8 Å². The molecule has 0 aliphatic heterocycles. The Bertz CT molecular complexity index is 325. The minimum Gasteiger partial charge on any atom is -0.310 e. The van der Waals surface area contributed by atoms with Gasteiger partial charge in [-0.3, -0.25) is 0 Å². The number of hydrogen-bond acceptors (Lipinski definition) is 1. The molecule has 0 saturated heterocycles. The highest BCUT2D eigenvalue weighted by Crippen LogP contribution is 2.20. The molecule has 84 valence electrons. The van der Waals surface area contributed by atoms with Gasteiger partial charge < -0.3 is 5.32 Å². The van der Waals surface area contributed by atoms with Crippen LogP contribution in [0.4, 0.5) is 4.39 Å². The first-order valence-electron chi connectivity index (χ1n) is 5.19. The van der Waals surface area contributed by atoms with Crippen LogP contribution < -0.4 is 5.32 Å². The van der Waals surface area contributed by atoms with Crippen LogP contribution in [0.3, 0.4) is 0 Å². The van der Waals surface area contributed by atoms with Crippen LogP contribution in [0, 0.1) is 11.7 Å². The van der Waals surface area contributed by atoms with E-state index >= 15 is 0 Å². The zero-order valence-electron chi connectivity index (χ0n) is 9.35. The van der Waals surface area contributed by atoms with Gasteiger partial charge in [-0.2, -0.15) is 0 Å². The van der Waals surface area contributed by atoms with Crippen molar-refractivity contribution in [3.05, 3.63) is 34.1 Å². The maximum atomic E-state index is 13.3. The molecule has 0 spiro atoms. The minimum absolute atomic E-state index is 0.190. The molecule has 1 unspecified atom stereocenters. The standard InChI is InChI=1S/C12H17BrFN/c1-8(2)7-15-9(3)10-4-5-11(13)12(14)6-10/h4-6,8-9,15H,7H2,1-3H3. The summed E-state index contributed by atoms with van der Waals surface area (Å²) >= 11 is 3.15.